The fourth-order valence-electron chi connectivity index (χ4n) is 1.30. The number of esters is 1. The number of amides is 1. The Hall–Kier alpha value is -1.49. The van der Waals surface area contributed by atoms with Gasteiger partial charge in [-0.25, -0.2) is 0 Å². The van der Waals surface area contributed by atoms with Crippen LogP contribution in [0.1, 0.15) is 20.8 Å². The largest absolute Gasteiger partial charge is 0.455 e. The van der Waals surface area contributed by atoms with Gasteiger partial charge in [-0.15, -0.1) is 11.8 Å². The van der Waals surface area contributed by atoms with Gasteiger partial charge in [-0.3, -0.25) is 9.59 Å². The van der Waals surface area contributed by atoms with E-state index < -0.39 is 5.97 Å². The van der Waals surface area contributed by atoms with Crippen molar-refractivity contribution in [1.29, 1.82) is 0 Å². The van der Waals surface area contributed by atoms with Gasteiger partial charge in [0.2, 0.25) is 0 Å². The quantitative estimate of drug-likeness (QED) is 0.664. The predicted molar refractivity (Wildman–Crippen MR) is 76.0 cm³/mol. The molecule has 0 spiro atoms. The van der Waals surface area contributed by atoms with Gasteiger partial charge in [-0.2, -0.15) is 0 Å². The van der Waals surface area contributed by atoms with E-state index in [2.05, 4.69) is 5.32 Å². The average molecular weight is 281 g/mol. The monoisotopic (exact) mass is 281 g/mol. The van der Waals surface area contributed by atoms with E-state index in [1.165, 1.54) is 11.8 Å². The minimum absolute atomic E-state index is 0.201. The molecule has 0 bridgehead atoms. The normalized spacial score (nSPS) is 10.9. The number of ether oxygens (including phenoxy) is 1. The van der Waals surface area contributed by atoms with Crippen LogP contribution in [0.4, 0.5) is 0 Å². The third-order valence-corrected chi connectivity index (χ3v) is 2.96. The van der Waals surface area contributed by atoms with Gasteiger partial charge >= 0.3 is 5.97 Å². The first-order valence-electron chi connectivity index (χ1n) is 6.01. The summed E-state index contributed by atoms with van der Waals surface area (Å²) in [5.41, 5.74) is -0.317. The Bertz CT molecular complexity index is 426. The first kappa shape index (κ1) is 15.6. The maximum Gasteiger partial charge on any atom is 0.316 e. The van der Waals surface area contributed by atoms with E-state index in [9.17, 15) is 9.59 Å². The highest BCUT2D eigenvalue weighted by Gasteiger charge is 2.15. The molecule has 0 unspecified atom stereocenters. The lowest BCUT2D eigenvalue weighted by molar-refractivity contribution is -0.146. The van der Waals surface area contributed by atoms with E-state index in [1.807, 2.05) is 51.1 Å². The van der Waals surface area contributed by atoms with Crippen molar-refractivity contribution in [2.45, 2.75) is 31.2 Å². The molecule has 0 saturated carbocycles. The molecule has 19 heavy (non-hydrogen) atoms. The molecule has 1 amide bonds. The minimum atomic E-state index is -0.391. The highest BCUT2D eigenvalue weighted by molar-refractivity contribution is 8.00. The molecule has 1 aromatic carbocycles. The van der Waals surface area contributed by atoms with Crippen LogP contribution < -0.4 is 5.32 Å². The SMILES string of the molecule is CC(C)(C)NC(=O)COC(=O)CSc1ccccc1. The van der Waals surface area contributed by atoms with Crippen LogP contribution in [-0.2, 0) is 14.3 Å². The van der Waals surface area contributed by atoms with Gasteiger partial charge in [-0.05, 0) is 32.9 Å². The fourth-order valence-corrected chi connectivity index (χ4v) is 2.02. The molecule has 0 aromatic heterocycles. The third-order valence-electron chi connectivity index (χ3n) is 1.98. The zero-order valence-electron chi connectivity index (χ0n) is 11.4. The number of carbonyl (C=O) groups is 2. The Morgan fingerprint density at radius 2 is 1.84 bits per heavy atom. The molecule has 1 aromatic rings. The topological polar surface area (TPSA) is 55.4 Å². The molecule has 0 aliphatic carbocycles. The second-order valence-electron chi connectivity index (χ2n) is 5.06. The van der Waals surface area contributed by atoms with Crippen LogP contribution in [0.2, 0.25) is 0 Å². The first-order chi connectivity index (χ1) is 8.87. The molecule has 104 valence electrons. The van der Waals surface area contributed by atoms with Crippen molar-refractivity contribution in [3.63, 3.8) is 0 Å². The Labute approximate surface area is 117 Å². The van der Waals surface area contributed by atoms with Gasteiger partial charge in [0.15, 0.2) is 6.61 Å². The number of hydrogen-bond donors (Lipinski definition) is 1. The number of benzene rings is 1. The van der Waals surface area contributed by atoms with Crippen molar-refractivity contribution in [3.8, 4) is 0 Å². The number of nitrogens with one attached hydrogen (secondary N) is 1. The first-order valence-corrected chi connectivity index (χ1v) is 7.00. The molecule has 0 atom stereocenters. The standard InChI is InChI=1S/C14H19NO3S/c1-14(2,3)15-12(16)9-18-13(17)10-19-11-7-5-4-6-8-11/h4-8H,9-10H2,1-3H3,(H,15,16). The highest BCUT2D eigenvalue weighted by Crippen LogP contribution is 2.16. The molecule has 0 aliphatic heterocycles. The van der Waals surface area contributed by atoms with Crippen molar-refractivity contribution in [2.24, 2.45) is 0 Å². The lowest BCUT2D eigenvalue weighted by Gasteiger charge is -2.20. The predicted octanol–water partition coefficient (Wildman–Crippen LogP) is 2.24. The van der Waals surface area contributed by atoms with Gasteiger partial charge in [0.25, 0.3) is 5.91 Å². The van der Waals surface area contributed by atoms with Crippen LogP contribution in [0.15, 0.2) is 35.2 Å². The molecule has 5 heteroatoms. The van der Waals surface area contributed by atoms with E-state index in [4.69, 9.17) is 4.74 Å². The van der Waals surface area contributed by atoms with Gasteiger partial charge in [0.1, 0.15) is 0 Å². The van der Waals surface area contributed by atoms with E-state index >= 15 is 0 Å². The molecule has 1 N–H and O–H groups in total. The molecular formula is C14H19NO3S. The van der Waals surface area contributed by atoms with Crippen molar-refractivity contribution in [1.82, 2.24) is 5.32 Å². The summed E-state index contributed by atoms with van der Waals surface area (Å²) in [4.78, 5) is 23.9. The fraction of sp³-hybridized carbons (Fsp3) is 0.429. The summed E-state index contributed by atoms with van der Waals surface area (Å²) in [7, 11) is 0. The number of rotatable bonds is 5. The zero-order valence-corrected chi connectivity index (χ0v) is 12.3. The summed E-state index contributed by atoms with van der Waals surface area (Å²) >= 11 is 1.39. The Morgan fingerprint density at radius 3 is 2.42 bits per heavy atom. The van der Waals surface area contributed by atoms with Crippen LogP contribution in [-0.4, -0.2) is 29.8 Å². The van der Waals surface area contributed by atoms with Crippen molar-refractivity contribution in [3.05, 3.63) is 30.3 Å². The van der Waals surface area contributed by atoms with Crippen molar-refractivity contribution in [2.75, 3.05) is 12.4 Å². The van der Waals surface area contributed by atoms with Crippen LogP contribution >= 0.6 is 11.8 Å². The van der Waals surface area contributed by atoms with Crippen LogP contribution in [0.5, 0.6) is 0 Å². The van der Waals surface area contributed by atoms with E-state index in [0.717, 1.165) is 4.90 Å². The van der Waals surface area contributed by atoms with Crippen molar-refractivity contribution < 1.29 is 14.3 Å². The van der Waals surface area contributed by atoms with E-state index in [1.54, 1.807) is 0 Å². The second kappa shape index (κ2) is 7.19. The summed E-state index contributed by atoms with van der Waals surface area (Å²) in [5, 5.41) is 2.73. The molecule has 0 aliphatic rings. The van der Waals surface area contributed by atoms with Gasteiger partial charge in [-0.1, -0.05) is 18.2 Å². The summed E-state index contributed by atoms with van der Waals surface area (Å²) in [6.45, 7) is 5.39. The Morgan fingerprint density at radius 1 is 1.21 bits per heavy atom. The summed E-state index contributed by atoms with van der Waals surface area (Å²) in [6.07, 6.45) is 0. The molecule has 4 nitrogen and oxygen atoms in total. The Kier molecular flexibility index (Phi) is 5.89. The van der Waals surface area contributed by atoms with E-state index in [-0.39, 0.29) is 23.8 Å². The molecule has 0 radical (unpaired) electrons. The maximum atomic E-state index is 11.5. The molecular weight excluding hydrogens is 262 g/mol. The van der Waals surface area contributed by atoms with Gasteiger partial charge in [0.05, 0.1) is 5.75 Å². The number of carbonyl (C=O) groups excluding carboxylic acids is 2. The summed E-state index contributed by atoms with van der Waals surface area (Å²) in [6, 6.07) is 9.57. The number of hydrogen-bond acceptors (Lipinski definition) is 4. The third kappa shape index (κ3) is 7.51. The lowest BCUT2D eigenvalue weighted by atomic mass is 10.1. The van der Waals surface area contributed by atoms with Crippen LogP contribution in [0.25, 0.3) is 0 Å². The Balaban J connectivity index is 2.23. The molecule has 0 fully saturated rings. The summed E-state index contributed by atoms with van der Waals surface area (Å²) < 4.78 is 4.90. The van der Waals surface area contributed by atoms with Crippen LogP contribution in [0, 0.1) is 0 Å². The minimum Gasteiger partial charge on any atom is -0.455 e. The van der Waals surface area contributed by atoms with Gasteiger partial charge < -0.3 is 10.1 Å². The average Bonchev–Trinajstić information content (AvgIpc) is 2.33. The molecule has 0 heterocycles. The zero-order chi connectivity index (χ0) is 14.3. The second-order valence-corrected chi connectivity index (χ2v) is 6.11. The molecule has 0 saturated heterocycles. The van der Waals surface area contributed by atoms with Gasteiger partial charge in [0, 0.05) is 10.4 Å². The lowest BCUT2D eigenvalue weighted by Crippen LogP contribution is -2.42. The smallest absolute Gasteiger partial charge is 0.316 e. The number of thioether (sulfide) groups is 1. The maximum absolute atomic E-state index is 11.5. The molecule has 1 rings (SSSR count). The highest BCUT2D eigenvalue weighted by atomic mass is 32.2. The van der Waals surface area contributed by atoms with E-state index in [0.29, 0.717) is 0 Å². The van der Waals surface area contributed by atoms with Crippen molar-refractivity contribution >= 4 is 23.6 Å². The van der Waals surface area contributed by atoms with Crippen LogP contribution in [0.3, 0.4) is 0 Å². The summed E-state index contributed by atoms with van der Waals surface area (Å²) in [5.74, 6) is -0.476.